The highest BCUT2D eigenvalue weighted by molar-refractivity contribution is 5.98. The van der Waals surface area contributed by atoms with E-state index >= 15 is 0 Å². The zero-order valence-electron chi connectivity index (χ0n) is 14.6. The molecule has 0 bridgehead atoms. The number of aliphatic imine (C=N–C) groups is 1. The molecule has 2 aromatic carbocycles. The SMILES string of the molecule is COc1cc(OC)cc(C2=Nc3ccccc3C(C)(CC(F)(F)F)O2)c1. The first-order valence-corrected chi connectivity index (χ1v) is 7.91. The van der Waals surface area contributed by atoms with Crippen LogP contribution in [0.3, 0.4) is 0 Å². The topological polar surface area (TPSA) is 40.0 Å². The predicted molar refractivity (Wildman–Crippen MR) is 91.3 cm³/mol. The fraction of sp³-hybridized carbons (Fsp3) is 0.316. The van der Waals surface area contributed by atoms with E-state index in [1.165, 1.54) is 21.1 Å². The van der Waals surface area contributed by atoms with Crippen molar-refractivity contribution < 1.29 is 27.4 Å². The molecule has 0 saturated carbocycles. The van der Waals surface area contributed by atoms with Crippen LogP contribution in [0.4, 0.5) is 18.9 Å². The lowest BCUT2D eigenvalue weighted by Crippen LogP contribution is -2.36. The van der Waals surface area contributed by atoms with Crippen molar-refractivity contribution in [2.24, 2.45) is 4.99 Å². The maximum Gasteiger partial charge on any atom is 0.393 e. The van der Waals surface area contributed by atoms with Crippen LogP contribution < -0.4 is 9.47 Å². The molecule has 0 spiro atoms. The summed E-state index contributed by atoms with van der Waals surface area (Å²) in [6.07, 6.45) is -5.52. The van der Waals surface area contributed by atoms with Gasteiger partial charge in [0.25, 0.3) is 0 Å². The van der Waals surface area contributed by atoms with Crippen molar-refractivity contribution in [3.05, 3.63) is 53.6 Å². The Bertz CT molecular complexity index is 826. The van der Waals surface area contributed by atoms with Gasteiger partial charge in [-0.2, -0.15) is 13.2 Å². The number of methoxy groups -OCH3 is 2. The quantitative estimate of drug-likeness (QED) is 0.767. The Morgan fingerprint density at radius 2 is 1.65 bits per heavy atom. The van der Waals surface area contributed by atoms with E-state index in [0.717, 1.165) is 0 Å². The van der Waals surface area contributed by atoms with E-state index in [4.69, 9.17) is 14.2 Å². The second kappa shape index (κ2) is 6.55. The molecule has 3 rings (SSSR count). The molecule has 1 aliphatic rings. The number of benzene rings is 2. The molecule has 1 unspecified atom stereocenters. The number of alkyl halides is 3. The van der Waals surface area contributed by atoms with Gasteiger partial charge in [0.05, 0.1) is 26.3 Å². The van der Waals surface area contributed by atoms with Crippen molar-refractivity contribution in [3.8, 4) is 11.5 Å². The van der Waals surface area contributed by atoms with E-state index < -0.39 is 18.2 Å². The number of fused-ring (bicyclic) bond motifs is 1. The summed E-state index contributed by atoms with van der Waals surface area (Å²) < 4.78 is 55.8. The molecule has 0 saturated heterocycles. The Morgan fingerprint density at radius 1 is 1.04 bits per heavy atom. The van der Waals surface area contributed by atoms with Gasteiger partial charge >= 0.3 is 6.18 Å². The smallest absolute Gasteiger partial charge is 0.393 e. The molecular weight excluding hydrogens is 347 g/mol. The normalized spacial score (nSPS) is 19.2. The van der Waals surface area contributed by atoms with Crippen LogP contribution in [-0.2, 0) is 10.3 Å². The summed E-state index contributed by atoms with van der Waals surface area (Å²) in [5.41, 5.74) is -0.260. The van der Waals surface area contributed by atoms with Crippen LogP contribution >= 0.6 is 0 Å². The van der Waals surface area contributed by atoms with Crippen LogP contribution in [-0.4, -0.2) is 26.3 Å². The Labute approximate surface area is 149 Å². The molecule has 0 amide bonds. The van der Waals surface area contributed by atoms with Gasteiger partial charge in [0.2, 0.25) is 5.90 Å². The van der Waals surface area contributed by atoms with Crippen molar-refractivity contribution in [1.82, 2.24) is 0 Å². The van der Waals surface area contributed by atoms with Gasteiger partial charge in [-0.05, 0) is 25.1 Å². The lowest BCUT2D eigenvalue weighted by Gasteiger charge is -2.36. The van der Waals surface area contributed by atoms with Crippen molar-refractivity contribution in [3.63, 3.8) is 0 Å². The number of hydrogen-bond donors (Lipinski definition) is 0. The summed E-state index contributed by atoms with van der Waals surface area (Å²) in [6.45, 7) is 1.42. The molecule has 4 nitrogen and oxygen atoms in total. The summed E-state index contributed by atoms with van der Waals surface area (Å²) in [6, 6.07) is 11.6. The van der Waals surface area contributed by atoms with Gasteiger partial charge in [0, 0.05) is 17.2 Å². The van der Waals surface area contributed by atoms with Gasteiger partial charge in [-0.15, -0.1) is 0 Å². The minimum atomic E-state index is -4.39. The minimum absolute atomic E-state index is 0.0904. The largest absolute Gasteiger partial charge is 0.497 e. The Kier molecular flexibility index (Phi) is 4.56. The monoisotopic (exact) mass is 365 g/mol. The van der Waals surface area contributed by atoms with Gasteiger partial charge in [-0.1, -0.05) is 18.2 Å². The molecule has 1 aliphatic heterocycles. The van der Waals surface area contributed by atoms with E-state index in [1.54, 1.807) is 42.5 Å². The molecule has 0 radical (unpaired) electrons. The molecule has 1 atom stereocenters. The lowest BCUT2D eigenvalue weighted by atomic mass is 9.89. The average molecular weight is 365 g/mol. The summed E-state index contributed by atoms with van der Waals surface area (Å²) in [5.74, 6) is 1.07. The molecule has 0 N–H and O–H groups in total. The molecule has 1 heterocycles. The first-order valence-electron chi connectivity index (χ1n) is 7.91. The third kappa shape index (κ3) is 3.61. The van der Waals surface area contributed by atoms with Crippen molar-refractivity contribution in [2.45, 2.75) is 25.1 Å². The third-order valence-electron chi connectivity index (χ3n) is 4.15. The Morgan fingerprint density at radius 3 is 2.23 bits per heavy atom. The van der Waals surface area contributed by atoms with E-state index in [0.29, 0.717) is 28.3 Å². The maximum absolute atomic E-state index is 13.2. The van der Waals surface area contributed by atoms with Gasteiger partial charge in [-0.25, -0.2) is 4.99 Å². The Hall–Kier alpha value is -2.70. The first-order chi connectivity index (χ1) is 12.2. The Balaban J connectivity index is 2.11. The summed E-state index contributed by atoms with van der Waals surface area (Å²) in [7, 11) is 2.98. The van der Waals surface area contributed by atoms with E-state index in [9.17, 15) is 13.2 Å². The fourth-order valence-electron chi connectivity index (χ4n) is 2.99. The van der Waals surface area contributed by atoms with Gasteiger partial charge < -0.3 is 14.2 Å². The van der Waals surface area contributed by atoms with Crippen LogP contribution in [0.5, 0.6) is 11.5 Å². The summed E-state index contributed by atoms with van der Waals surface area (Å²) in [5, 5.41) is 0. The molecule has 0 fully saturated rings. The van der Waals surface area contributed by atoms with Crippen LogP contribution in [0.15, 0.2) is 47.5 Å². The van der Waals surface area contributed by atoms with E-state index in [1.807, 2.05) is 0 Å². The highest BCUT2D eigenvalue weighted by Crippen LogP contribution is 2.45. The highest BCUT2D eigenvalue weighted by Gasteiger charge is 2.45. The number of para-hydroxylation sites is 1. The van der Waals surface area contributed by atoms with Crippen LogP contribution in [0.1, 0.15) is 24.5 Å². The number of nitrogens with zero attached hydrogens (tertiary/aromatic N) is 1. The number of halogens is 3. The average Bonchev–Trinajstić information content (AvgIpc) is 2.59. The van der Waals surface area contributed by atoms with Crippen molar-refractivity contribution in [1.29, 1.82) is 0 Å². The van der Waals surface area contributed by atoms with Gasteiger partial charge in [-0.3, -0.25) is 0 Å². The first kappa shape index (κ1) is 18.1. The van der Waals surface area contributed by atoms with Crippen LogP contribution in [0.25, 0.3) is 0 Å². The van der Waals surface area contributed by atoms with E-state index in [-0.39, 0.29) is 5.90 Å². The van der Waals surface area contributed by atoms with Crippen molar-refractivity contribution in [2.75, 3.05) is 14.2 Å². The third-order valence-corrected chi connectivity index (χ3v) is 4.15. The molecule has 138 valence electrons. The van der Waals surface area contributed by atoms with Crippen LogP contribution in [0.2, 0.25) is 0 Å². The summed E-state index contributed by atoms with van der Waals surface area (Å²) in [4.78, 5) is 4.41. The highest BCUT2D eigenvalue weighted by atomic mass is 19.4. The molecule has 2 aromatic rings. The second-order valence-corrected chi connectivity index (χ2v) is 6.16. The number of rotatable bonds is 4. The molecule has 0 aliphatic carbocycles. The second-order valence-electron chi connectivity index (χ2n) is 6.16. The number of hydrogen-bond acceptors (Lipinski definition) is 4. The van der Waals surface area contributed by atoms with Crippen LogP contribution in [0, 0.1) is 0 Å². The fourth-order valence-corrected chi connectivity index (χ4v) is 2.99. The molecular formula is C19H18F3NO3. The van der Waals surface area contributed by atoms with Gasteiger partial charge in [0.15, 0.2) is 0 Å². The predicted octanol–water partition coefficient (Wildman–Crippen LogP) is 4.98. The standard InChI is InChI=1S/C19H18F3NO3/c1-18(11-19(20,21)22)15-6-4-5-7-16(15)23-17(26-18)12-8-13(24-2)10-14(9-12)25-3/h4-10H,11H2,1-3H3. The lowest BCUT2D eigenvalue weighted by molar-refractivity contribution is -0.171. The molecule has 26 heavy (non-hydrogen) atoms. The molecule has 0 aromatic heterocycles. The summed E-state index contributed by atoms with van der Waals surface area (Å²) >= 11 is 0. The maximum atomic E-state index is 13.2. The van der Waals surface area contributed by atoms with Crippen molar-refractivity contribution >= 4 is 11.6 Å². The zero-order valence-corrected chi connectivity index (χ0v) is 14.6. The number of ether oxygens (including phenoxy) is 3. The molecule has 7 heteroatoms. The minimum Gasteiger partial charge on any atom is -0.497 e. The van der Waals surface area contributed by atoms with E-state index in [2.05, 4.69) is 4.99 Å². The zero-order chi connectivity index (χ0) is 18.9. The van der Waals surface area contributed by atoms with Gasteiger partial charge in [0.1, 0.15) is 17.1 Å².